The summed E-state index contributed by atoms with van der Waals surface area (Å²) >= 11 is 2.75. The summed E-state index contributed by atoms with van der Waals surface area (Å²) in [5, 5.41) is 11.9. The second-order valence-electron chi connectivity index (χ2n) is 12.1. The number of hydrogen-bond acceptors (Lipinski definition) is 10. The molecule has 45 heavy (non-hydrogen) atoms. The van der Waals surface area contributed by atoms with Crippen molar-refractivity contribution in [1.82, 2.24) is 9.88 Å². The number of morpholine rings is 1. The zero-order valence-electron chi connectivity index (χ0n) is 23.8. The minimum atomic E-state index is -0.518. The van der Waals surface area contributed by atoms with Crippen molar-refractivity contribution in [1.29, 1.82) is 0 Å². The molecule has 3 aromatic rings. The third-order valence-electron chi connectivity index (χ3n) is 10.0. The molecule has 7 atom stereocenters. The molecular formula is C31H28N4O8S2. The Balaban J connectivity index is 1.13. The molecule has 2 saturated heterocycles. The van der Waals surface area contributed by atoms with Crippen molar-refractivity contribution in [2.75, 3.05) is 37.8 Å². The molecule has 2 aromatic carbocycles. The fourth-order valence-corrected chi connectivity index (χ4v) is 11.1. The van der Waals surface area contributed by atoms with Gasteiger partial charge in [0.05, 0.1) is 40.7 Å². The predicted molar refractivity (Wildman–Crippen MR) is 163 cm³/mol. The van der Waals surface area contributed by atoms with Crippen LogP contribution in [0.25, 0.3) is 0 Å². The number of nitro groups is 1. The van der Waals surface area contributed by atoms with Gasteiger partial charge in [-0.25, -0.2) is 0 Å². The van der Waals surface area contributed by atoms with Gasteiger partial charge in [0.2, 0.25) is 11.8 Å². The van der Waals surface area contributed by atoms with E-state index in [4.69, 9.17) is 9.47 Å². The minimum absolute atomic E-state index is 0.0180. The highest BCUT2D eigenvalue weighted by Crippen LogP contribution is 2.69. The lowest BCUT2D eigenvalue weighted by Crippen LogP contribution is -2.43. The molecular weight excluding hydrogens is 620 g/mol. The largest absolute Gasteiger partial charge is 0.483 e. The van der Waals surface area contributed by atoms with Gasteiger partial charge in [0, 0.05) is 46.8 Å². The first-order valence-corrected chi connectivity index (χ1v) is 16.6. The second-order valence-corrected chi connectivity index (χ2v) is 14.3. The highest BCUT2D eigenvalue weighted by Gasteiger charge is 2.69. The van der Waals surface area contributed by atoms with Crippen molar-refractivity contribution >= 4 is 52.2 Å². The molecule has 3 amide bonds. The smallest absolute Gasteiger partial charge is 0.305 e. The average molecular weight is 649 g/mol. The summed E-state index contributed by atoms with van der Waals surface area (Å²) in [6.07, 6.45) is 0.720. The SMILES string of the molecule is O=C(COc1ccccc1[C@@H]1c2sc(=O)[nH]c2S[C@@H]2[C@@H]3C[C@@H]([C@@H]4C(=O)N(c5ccc([N+](=O)[O-])cc5)C(=O)[C@@H]34)[C@H]12)N1CCOCC1. The maximum atomic E-state index is 14.0. The van der Waals surface area contributed by atoms with E-state index < -0.39 is 16.8 Å². The number of imide groups is 1. The molecule has 8 rings (SSSR count). The van der Waals surface area contributed by atoms with Gasteiger partial charge < -0.3 is 19.4 Å². The summed E-state index contributed by atoms with van der Waals surface area (Å²) in [5.74, 6) is -1.62. The number of rotatable bonds is 6. The summed E-state index contributed by atoms with van der Waals surface area (Å²) < 4.78 is 11.5. The zero-order chi connectivity index (χ0) is 31.0. The van der Waals surface area contributed by atoms with Gasteiger partial charge in [0.15, 0.2) is 6.61 Å². The third kappa shape index (κ3) is 4.44. The first-order chi connectivity index (χ1) is 21.8. The molecule has 2 bridgehead atoms. The number of nitrogens with one attached hydrogen (secondary N) is 1. The van der Waals surface area contributed by atoms with Crippen molar-refractivity contribution in [2.45, 2.75) is 22.6 Å². The van der Waals surface area contributed by atoms with E-state index >= 15 is 0 Å². The van der Waals surface area contributed by atoms with Gasteiger partial charge in [0.25, 0.3) is 11.6 Å². The van der Waals surface area contributed by atoms with Crippen LogP contribution in [0.2, 0.25) is 0 Å². The number of nitrogens with zero attached hydrogens (tertiary/aromatic N) is 3. The van der Waals surface area contributed by atoms with Gasteiger partial charge >= 0.3 is 4.87 Å². The number of carbonyl (C=O) groups is 3. The second kappa shape index (κ2) is 10.8. The fourth-order valence-electron chi connectivity index (χ4n) is 8.26. The van der Waals surface area contributed by atoms with Crippen LogP contribution in [-0.4, -0.2) is 70.7 Å². The summed E-state index contributed by atoms with van der Waals surface area (Å²) in [4.78, 5) is 70.8. The van der Waals surface area contributed by atoms with Crippen molar-refractivity contribution in [3.05, 3.63) is 78.8 Å². The first kappa shape index (κ1) is 28.5. The topological polar surface area (TPSA) is 152 Å². The maximum absolute atomic E-state index is 14.0. The van der Waals surface area contributed by atoms with E-state index in [0.29, 0.717) is 37.7 Å². The summed E-state index contributed by atoms with van der Waals surface area (Å²) in [7, 11) is 0. The number of fused-ring (bicyclic) bond motifs is 9. The van der Waals surface area contributed by atoms with Gasteiger partial charge in [0.1, 0.15) is 5.75 Å². The quantitative estimate of drug-likeness (QED) is 0.241. The molecule has 232 valence electrons. The summed E-state index contributed by atoms with van der Waals surface area (Å²) in [5.41, 5.74) is 1.08. The highest BCUT2D eigenvalue weighted by molar-refractivity contribution is 8.00. The number of aromatic amines is 1. The van der Waals surface area contributed by atoms with Crippen LogP contribution >= 0.6 is 23.1 Å². The number of ether oxygens (including phenoxy) is 2. The molecule has 14 heteroatoms. The number of hydrogen-bond donors (Lipinski definition) is 1. The number of benzene rings is 2. The molecule has 12 nitrogen and oxygen atoms in total. The normalized spacial score (nSPS) is 29.8. The Bertz CT molecular complexity index is 1780. The molecule has 2 aliphatic carbocycles. The standard InChI is InChI=1S/C31H28N4O8S2/c36-21(33-9-11-42-12-10-33)14-43-20-4-2-1-3-17(20)22-23-18-13-19(26(23)44-28-27(22)45-31(39)32-28)25-24(18)29(37)34(30(25)38)15-5-7-16(8-6-15)35(40)41/h1-8,18-19,22-26H,9-14H2,(H,32,39)/t18-,19-,22+,23-,24+,25+,26-/m1/s1. The van der Waals surface area contributed by atoms with Crippen molar-refractivity contribution in [3.63, 3.8) is 0 Å². The molecule has 0 radical (unpaired) electrons. The molecule has 4 heterocycles. The fraction of sp³-hybridized carbons (Fsp3) is 0.419. The van der Waals surface area contributed by atoms with Gasteiger partial charge in [-0.3, -0.25) is 34.2 Å². The minimum Gasteiger partial charge on any atom is -0.483 e. The molecule has 0 spiro atoms. The number of anilines is 1. The number of para-hydroxylation sites is 1. The number of aromatic nitrogens is 1. The highest BCUT2D eigenvalue weighted by atomic mass is 32.2. The number of nitro benzene ring substituents is 1. The van der Waals surface area contributed by atoms with E-state index in [2.05, 4.69) is 4.98 Å². The molecule has 2 saturated carbocycles. The summed E-state index contributed by atoms with van der Waals surface area (Å²) in [6.45, 7) is 1.89. The molecule has 1 aromatic heterocycles. The van der Waals surface area contributed by atoms with Crippen LogP contribution in [0.5, 0.6) is 5.75 Å². The van der Waals surface area contributed by atoms with Gasteiger partial charge in [-0.05, 0) is 42.4 Å². The monoisotopic (exact) mass is 648 g/mol. The molecule has 3 aliphatic heterocycles. The average Bonchev–Trinajstić information content (AvgIpc) is 3.79. The number of amides is 3. The van der Waals surface area contributed by atoms with Gasteiger partial charge in [-0.15, -0.1) is 11.8 Å². The molecule has 5 aliphatic rings. The van der Waals surface area contributed by atoms with E-state index in [-0.39, 0.29) is 63.8 Å². The van der Waals surface area contributed by atoms with E-state index in [1.165, 1.54) is 29.2 Å². The summed E-state index contributed by atoms with van der Waals surface area (Å²) in [6, 6.07) is 13.1. The van der Waals surface area contributed by atoms with Crippen LogP contribution in [0.3, 0.4) is 0 Å². The van der Waals surface area contributed by atoms with E-state index in [0.717, 1.165) is 33.2 Å². The Kier molecular flexibility index (Phi) is 6.84. The lowest BCUT2D eigenvalue weighted by atomic mass is 9.68. The number of non-ortho nitro benzene ring substituents is 1. The van der Waals surface area contributed by atoms with E-state index in [1.807, 2.05) is 24.3 Å². The van der Waals surface area contributed by atoms with E-state index in [1.54, 1.807) is 16.7 Å². The van der Waals surface area contributed by atoms with Crippen LogP contribution < -0.4 is 14.5 Å². The molecule has 4 fully saturated rings. The first-order valence-electron chi connectivity index (χ1n) is 14.9. The maximum Gasteiger partial charge on any atom is 0.305 e. The lowest BCUT2D eigenvalue weighted by molar-refractivity contribution is -0.384. The van der Waals surface area contributed by atoms with E-state index in [9.17, 15) is 29.3 Å². The third-order valence-corrected chi connectivity index (χ3v) is 12.6. The van der Waals surface area contributed by atoms with Crippen molar-refractivity contribution in [3.8, 4) is 5.75 Å². The Morgan fingerprint density at radius 1 is 1.02 bits per heavy atom. The number of carbonyl (C=O) groups excluding carboxylic acids is 3. The van der Waals surface area contributed by atoms with Crippen LogP contribution in [0.15, 0.2) is 58.4 Å². The molecule has 1 N–H and O–H groups in total. The van der Waals surface area contributed by atoms with Gasteiger partial charge in [-0.2, -0.15) is 0 Å². The van der Waals surface area contributed by atoms with Crippen LogP contribution in [0.4, 0.5) is 11.4 Å². The molecule has 0 unspecified atom stereocenters. The van der Waals surface area contributed by atoms with Crippen LogP contribution in [0, 0.1) is 39.7 Å². The van der Waals surface area contributed by atoms with Crippen molar-refractivity contribution < 1.29 is 28.8 Å². The predicted octanol–water partition coefficient (Wildman–Crippen LogP) is 3.26. The van der Waals surface area contributed by atoms with Crippen LogP contribution in [-0.2, 0) is 19.1 Å². The lowest BCUT2D eigenvalue weighted by Gasteiger charge is -2.43. The van der Waals surface area contributed by atoms with Crippen molar-refractivity contribution in [2.24, 2.45) is 29.6 Å². The van der Waals surface area contributed by atoms with Crippen LogP contribution in [0.1, 0.15) is 22.8 Å². The zero-order valence-corrected chi connectivity index (χ0v) is 25.5. The Morgan fingerprint density at radius 3 is 2.47 bits per heavy atom. The Hall–Kier alpha value is -4.01. The Morgan fingerprint density at radius 2 is 1.73 bits per heavy atom. The van der Waals surface area contributed by atoms with Gasteiger partial charge in [-0.1, -0.05) is 29.5 Å². The number of thiazole rings is 1. The number of thioether (sulfide) groups is 1. The number of H-pyrrole nitrogens is 1. The Labute approximate surface area is 264 Å².